The van der Waals surface area contributed by atoms with Gasteiger partial charge in [0.15, 0.2) is 5.75 Å². The van der Waals surface area contributed by atoms with E-state index >= 15 is 0 Å². The molecule has 3 N–H and O–H groups in total. The molecule has 1 aromatic carbocycles. The van der Waals surface area contributed by atoms with E-state index in [0.29, 0.717) is 17.0 Å². The van der Waals surface area contributed by atoms with Crippen LogP contribution < -0.4 is 15.8 Å². The summed E-state index contributed by atoms with van der Waals surface area (Å²) in [6.07, 6.45) is 5.79. The second kappa shape index (κ2) is 5.76. The van der Waals surface area contributed by atoms with Crippen molar-refractivity contribution in [2.24, 2.45) is 0 Å². The molecule has 0 spiro atoms. The number of anilines is 1. The molecule has 1 aliphatic carbocycles. The minimum atomic E-state index is -0.0916. The smallest absolute Gasteiger partial charge is 0.255 e. The highest BCUT2D eigenvalue weighted by atomic mass is 16.5. The van der Waals surface area contributed by atoms with Crippen LogP contribution in [-0.4, -0.2) is 19.1 Å². The third-order valence-corrected chi connectivity index (χ3v) is 3.43. The topological polar surface area (TPSA) is 64.3 Å². The van der Waals surface area contributed by atoms with Crippen LogP contribution in [0, 0.1) is 0 Å². The predicted octanol–water partition coefficient (Wildman–Crippen LogP) is 2.34. The highest BCUT2D eigenvalue weighted by molar-refractivity contribution is 5.98. The van der Waals surface area contributed by atoms with Crippen molar-refractivity contribution in [3.8, 4) is 5.75 Å². The van der Waals surface area contributed by atoms with Crippen molar-refractivity contribution < 1.29 is 9.53 Å². The molecule has 98 valence electrons. The number of nitrogens with two attached hydrogens (primary N) is 1. The standard InChI is InChI=1S/C14H20N2O2/c1-18-13-11(8-5-9-12(13)15)14(17)16-10-6-3-2-4-7-10/h5,8-10H,2-4,6-7,15H2,1H3,(H,16,17). The molecule has 1 aliphatic rings. The molecule has 0 unspecified atom stereocenters. The van der Waals surface area contributed by atoms with Gasteiger partial charge in [0.25, 0.3) is 5.91 Å². The Morgan fingerprint density at radius 3 is 2.72 bits per heavy atom. The van der Waals surface area contributed by atoms with Crippen LogP contribution in [0.4, 0.5) is 5.69 Å². The zero-order chi connectivity index (χ0) is 13.0. The van der Waals surface area contributed by atoms with Crippen molar-refractivity contribution >= 4 is 11.6 Å². The van der Waals surface area contributed by atoms with Crippen molar-refractivity contribution in [3.05, 3.63) is 23.8 Å². The fourth-order valence-corrected chi connectivity index (χ4v) is 2.47. The molecule has 1 fully saturated rings. The van der Waals surface area contributed by atoms with Crippen LogP contribution in [0.5, 0.6) is 5.75 Å². The summed E-state index contributed by atoms with van der Waals surface area (Å²) in [6, 6.07) is 5.54. The Morgan fingerprint density at radius 1 is 1.33 bits per heavy atom. The van der Waals surface area contributed by atoms with Crippen LogP contribution in [-0.2, 0) is 0 Å². The van der Waals surface area contributed by atoms with E-state index < -0.39 is 0 Å². The Morgan fingerprint density at radius 2 is 2.06 bits per heavy atom. The zero-order valence-corrected chi connectivity index (χ0v) is 10.7. The second-order valence-electron chi connectivity index (χ2n) is 4.74. The maximum absolute atomic E-state index is 12.2. The molecular weight excluding hydrogens is 228 g/mol. The molecule has 0 radical (unpaired) electrons. The maximum atomic E-state index is 12.2. The first-order valence-corrected chi connectivity index (χ1v) is 6.45. The number of hydrogen-bond donors (Lipinski definition) is 2. The first kappa shape index (κ1) is 12.7. The molecule has 0 saturated heterocycles. The third-order valence-electron chi connectivity index (χ3n) is 3.43. The minimum absolute atomic E-state index is 0.0916. The van der Waals surface area contributed by atoms with Gasteiger partial charge in [-0.15, -0.1) is 0 Å². The fraction of sp³-hybridized carbons (Fsp3) is 0.500. The first-order chi connectivity index (χ1) is 8.72. The number of rotatable bonds is 3. The molecule has 0 aromatic heterocycles. The zero-order valence-electron chi connectivity index (χ0n) is 10.7. The molecule has 18 heavy (non-hydrogen) atoms. The summed E-state index contributed by atoms with van der Waals surface area (Å²) in [4.78, 5) is 12.2. The Labute approximate surface area is 108 Å². The lowest BCUT2D eigenvalue weighted by atomic mass is 9.95. The Hall–Kier alpha value is -1.71. The van der Waals surface area contributed by atoms with Gasteiger partial charge >= 0.3 is 0 Å². The molecule has 0 atom stereocenters. The van der Waals surface area contributed by atoms with Gasteiger partial charge in [-0.1, -0.05) is 25.3 Å². The van der Waals surface area contributed by atoms with E-state index in [-0.39, 0.29) is 11.9 Å². The van der Waals surface area contributed by atoms with E-state index in [1.54, 1.807) is 18.2 Å². The first-order valence-electron chi connectivity index (χ1n) is 6.45. The molecule has 4 nitrogen and oxygen atoms in total. The predicted molar refractivity (Wildman–Crippen MR) is 71.7 cm³/mol. The van der Waals surface area contributed by atoms with Crippen molar-refractivity contribution in [2.75, 3.05) is 12.8 Å². The normalized spacial score (nSPS) is 16.3. The minimum Gasteiger partial charge on any atom is -0.494 e. The van der Waals surface area contributed by atoms with E-state index in [1.165, 1.54) is 26.4 Å². The molecule has 0 heterocycles. The lowest BCUT2D eigenvalue weighted by Crippen LogP contribution is -2.36. The van der Waals surface area contributed by atoms with Gasteiger partial charge in [0.2, 0.25) is 0 Å². The van der Waals surface area contributed by atoms with Crippen LogP contribution in [0.1, 0.15) is 42.5 Å². The summed E-state index contributed by atoms with van der Waals surface area (Å²) < 4.78 is 5.20. The van der Waals surface area contributed by atoms with Gasteiger partial charge in [-0.3, -0.25) is 4.79 Å². The SMILES string of the molecule is COc1c(N)cccc1C(=O)NC1CCCCC1. The fourth-order valence-electron chi connectivity index (χ4n) is 2.47. The summed E-state index contributed by atoms with van der Waals surface area (Å²) in [6.45, 7) is 0. The summed E-state index contributed by atoms with van der Waals surface area (Å²) in [7, 11) is 1.53. The number of carbonyl (C=O) groups excluding carboxylic acids is 1. The van der Waals surface area contributed by atoms with Crippen molar-refractivity contribution in [3.63, 3.8) is 0 Å². The monoisotopic (exact) mass is 248 g/mol. The van der Waals surface area contributed by atoms with Crippen LogP contribution in [0.3, 0.4) is 0 Å². The quantitative estimate of drug-likeness (QED) is 0.807. The molecule has 0 aliphatic heterocycles. The summed E-state index contributed by atoms with van der Waals surface area (Å²) in [5.74, 6) is 0.372. The number of benzene rings is 1. The second-order valence-corrected chi connectivity index (χ2v) is 4.74. The molecule has 1 aromatic rings. The number of nitrogen functional groups attached to an aromatic ring is 1. The Kier molecular flexibility index (Phi) is 4.07. The van der Waals surface area contributed by atoms with Gasteiger partial charge in [-0.05, 0) is 25.0 Å². The highest BCUT2D eigenvalue weighted by Gasteiger charge is 2.19. The molecule has 1 saturated carbocycles. The number of hydrogen-bond acceptors (Lipinski definition) is 3. The van der Waals surface area contributed by atoms with E-state index in [1.807, 2.05) is 0 Å². The average molecular weight is 248 g/mol. The van der Waals surface area contributed by atoms with Gasteiger partial charge in [0.1, 0.15) is 0 Å². The summed E-state index contributed by atoms with van der Waals surface area (Å²) in [5.41, 5.74) is 6.81. The highest BCUT2D eigenvalue weighted by Crippen LogP contribution is 2.26. The van der Waals surface area contributed by atoms with Gasteiger partial charge in [-0.2, -0.15) is 0 Å². The molecule has 2 rings (SSSR count). The number of ether oxygens (including phenoxy) is 1. The van der Waals surface area contributed by atoms with Crippen molar-refractivity contribution in [1.29, 1.82) is 0 Å². The van der Waals surface area contributed by atoms with Gasteiger partial charge in [-0.25, -0.2) is 0 Å². The van der Waals surface area contributed by atoms with Crippen molar-refractivity contribution in [2.45, 2.75) is 38.1 Å². The lowest BCUT2D eigenvalue weighted by Gasteiger charge is -2.23. The summed E-state index contributed by atoms with van der Waals surface area (Å²) >= 11 is 0. The number of carbonyl (C=O) groups is 1. The van der Waals surface area contributed by atoms with Gasteiger partial charge in [0, 0.05) is 6.04 Å². The Balaban J connectivity index is 2.10. The third kappa shape index (κ3) is 2.75. The Bertz CT molecular complexity index is 426. The van der Waals surface area contributed by atoms with Gasteiger partial charge < -0.3 is 15.8 Å². The van der Waals surface area contributed by atoms with Crippen LogP contribution in [0.25, 0.3) is 0 Å². The van der Waals surface area contributed by atoms with E-state index in [0.717, 1.165) is 12.8 Å². The maximum Gasteiger partial charge on any atom is 0.255 e. The number of amides is 1. The largest absolute Gasteiger partial charge is 0.494 e. The number of methoxy groups -OCH3 is 1. The number of para-hydroxylation sites is 1. The van der Waals surface area contributed by atoms with E-state index in [9.17, 15) is 4.79 Å². The molecular formula is C14H20N2O2. The van der Waals surface area contributed by atoms with Crippen molar-refractivity contribution in [1.82, 2.24) is 5.32 Å². The van der Waals surface area contributed by atoms with E-state index in [2.05, 4.69) is 5.32 Å². The average Bonchev–Trinajstić information content (AvgIpc) is 2.39. The molecule has 0 bridgehead atoms. The van der Waals surface area contributed by atoms with Crippen LogP contribution in [0.15, 0.2) is 18.2 Å². The summed E-state index contributed by atoms with van der Waals surface area (Å²) in [5, 5.41) is 3.06. The van der Waals surface area contributed by atoms with Gasteiger partial charge in [0.05, 0.1) is 18.4 Å². The molecule has 1 amide bonds. The van der Waals surface area contributed by atoms with Crippen LogP contribution in [0.2, 0.25) is 0 Å². The van der Waals surface area contributed by atoms with E-state index in [4.69, 9.17) is 10.5 Å². The lowest BCUT2D eigenvalue weighted by molar-refractivity contribution is 0.0925. The number of nitrogens with one attached hydrogen (secondary N) is 1. The molecule has 4 heteroatoms. The van der Waals surface area contributed by atoms with Crippen LogP contribution >= 0.6 is 0 Å².